The van der Waals surface area contributed by atoms with Gasteiger partial charge >= 0.3 is 6.18 Å². The van der Waals surface area contributed by atoms with Crippen LogP contribution >= 0.6 is 0 Å². The van der Waals surface area contributed by atoms with Gasteiger partial charge in [0.05, 0.1) is 11.7 Å². The zero-order valence-electron chi connectivity index (χ0n) is 10.8. The first-order chi connectivity index (χ1) is 9.36. The molecule has 1 fully saturated rings. The number of carbonyl (C=O) groups excluding carboxylic acids is 1. The molecule has 0 radical (unpaired) electrons. The number of aliphatic hydroxyl groups is 1. The maximum absolute atomic E-state index is 12.6. The van der Waals surface area contributed by atoms with Crippen molar-refractivity contribution in [3.63, 3.8) is 0 Å². The molecule has 1 saturated carbocycles. The second-order valence-electron chi connectivity index (χ2n) is 5.06. The summed E-state index contributed by atoms with van der Waals surface area (Å²) in [6.07, 6.45) is -2.29. The second kappa shape index (κ2) is 5.83. The molecule has 1 amide bonds. The molecular weight excluding hydrogens is 271 g/mol. The van der Waals surface area contributed by atoms with Gasteiger partial charge in [0.1, 0.15) is 0 Å². The van der Waals surface area contributed by atoms with Crippen molar-refractivity contribution in [3.8, 4) is 0 Å². The molecular formula is C14H16F3NO2. The van der Waals surface area contributed by atoms with Crippen LogP contribution in [0.2, 0.25) is 0 Å². The Bertz CT molecular complexity index is 480. The fourth-order valence-corrected chi connectivity index (χ4v) is 2.33. The van der Waals surface area contributed by atoms with Crippen LogP contribution in [-0.4, -0.2) is 23.2 Å². The van der Waals surface area contributed by atoms with Crippen LogP contribution in [0.15, 0.2) is 24.3 Å². The zero-order chi connectivity index (χ0) is 14.8. The molecule has 0 bridgehead atoms. The van der Waals surface area contributed by atoms with Gasteiger partial charge in [-0.05, 0) is 43.9 Å². The van der Waals surface area contributed by atoms with Gasteiger partial charge in [-0.3, -0.25) is 4.79 Å². The van der Waals surface area contributed by atoms with Crippen LogP contribution in [-0.2, 0) is 6.18 Å². The molecule has 1 aliphatic rings. The van der Waals surface area contributed by atoms with E-state index in [0.29, 0.717) is 25.7 Å². The van der Waals surface area contributed by atoms with E-state index in [1.165, 1.54) is 12.1 Å². The van der Waals surface area contributed by atoms with Crippen LogP contribution in [0.5, 0.6) is 0 Å². The number of hydrogen-bond acceptors (Lipinski definition) is 2. The normalized spacial score (nSPS) is 23.4. The van der Waals surface area contributed by atoms with Crippen molar-refractivity contribution >= 4 is 5.91 Å². The minimum atomic E-state index is -4.45. The fourth-order valence-electron chi connectivity index (χ4n) is 2.33. The van der Waals surface area contributed by atoms with Gasteiger partial charge in [0.2, 0.25) is 0 Å². The number of amides is 1. The first-order valence-corrected chi connectivity index (χ1v) is 6.52. The van der Waals surface area contributed by atoms with E-state index in [1.54, 1.807) is 0 Å². The Kier molecular flexibility index (Phi) is 4.32. The third kappa shape index (κ3) is 3.72. The Morgan fingerprint density at radius 2 is 1.85 bits per heavy atom. The number of alkyl halides is 3. The van der Waals surface area contributed by atoms with Crippen molar-refractivity contribution in [1.82, 2.24) is 5.32 Å². The highest BCUT2D eigenvalue weighted by Gasteiger charge is 2.31. The van der Waals surface area contributed by atoms with Crippen molar-refractivity contribution in [1.29, 1.82) is 0 Å². The molecule has 20 heavy (non-hydrogen) atoms. The third-order valence-electron chi connectivity index (χ3n) is 3.48. The van der Waals surface area contributed by atoms with Gasteiger partial charge in [-0.25, -0.2) is 0 Å². The monoisotopic (exact) mass is 287 g/mol. The Labute approximate surface area is 114 Å². The van der Waals surface area contributed by atoms with Gasteiger partial charge in [0.25, 0.3) is 5.91 Å². The van der Waals surface area contributed by atoms with E-state index in [1.807, 2.05) is 0 Å². The summed E-state index contributed by atoms with van der Waals surface area (Å²) < 4.78 is 37.7. The van der Waals surface area contributed by atoms with Crippen molar-refractivity contribution in [2.45, 2.75) is 44.0 Å². The van der Waals surface area contributed by atoms with Gasteiger partial charge < -0.3 is 10.4 Å². The summed E-state index contributed by atoms with van der Waals surface area (Å²) in [4.78, 5) is 11.9. The van der Waals surface area contributed by atoms with Gasteiger partial charge in [0.15, 0.2) is 0 Å². The maximum atomic E-state index is 12.6. The van der Waals surface area contributed by atoms with E-state index in [-0.39, 0.29) is 17.7 Å². The SMILES string of the molecule is O=C(NC1CCC(O)CC1)c1cccc(C(F)(F)F)c1. The fraction of sp³-hybridized carbons (Fsp3) is 0.500. The number of hydrogen-bond donors (Lipinski definition) is 2. The molecule has 0 aromatic heterocycles. The van der Waals surface area contributed by atoms with Crippen LogP contribution in [0.3, 0.4) is 0 Å². The van der Waals surface area contributed by atoms with Crippen LogP contribution in [0, 0.1) is 0 Å². The summed E-state index contributed by atoms with van der Waals surface area (Å²) in [5.74, 6) is -0.502. The first kappa shape index (κ1) is 14.8. The Hall–Kier alpha value is -1.56. The number of halogens is 3. The number of nitrogens with one attached hydrogen (secondary N) is 1. The smallest absolute Gasteiger partial charge is 0.393 e. The van der Waals surface area contributed by atoms with Crippen molar-refractivity contribution in [2.75, 3.05) is 0 Å². The number of benzene rings is 1. The highest BCUT2D eigenvalue weighted by Crippen LogP contribution is 2.29. The van der Waals surface area contributed by atoms with Gasteiger partial charge in [-0.2, -0.15) is 13.2 Å². The molecule has 0 spiro atoms. The highest BCUT2D eigenvalue weighted by molar-refractivity contribution is 5.94. The minimum absolute atomic E-state index is 0.00551. The van der Waals surface area contributed by atoms with Crippen LogP contribution in [0.25, 0.3) is 0 Å². The van der Waals surface area contributed by atoms with E-state index in [2.05, 4.69) is 5.32 Å². The van der Waals surface area contributed by atoms with Gasteiger partial charge in [-0.15, -0.1) is 0 Å². The Balaban J connectivity index is 2.02. The first-order valence-electron chi connectivity index (χ1n) is 6.52. The van der Waals surface area contributed by atoms with Crippen molar-refractivity contribution < 1.29 is 23.1 Å². The average molecular weight is 287 g/mol. The van der Waals surface area contributed by atoms with Crippen LogP contribution in [0.4, 0.5) is 13.2 Å². The molecule has 0 unspecified atom stereocenters. The lowest BCUT2D eigenvalue weighted by Gasteiger charge is -2.26. The van der Waals surface area contributed by atoms with Gasteiger partial charge in [0, 0.05) is 11.6 Å². The number of carbonyl (C=O) groups is 1. The summed E-state index contributed by atoms with van der Waals surface area (Å²) in [7, 11) is 0. The predicted molar refractivity (Wildman–Crippen MR) is 67.2 cm³/mol. The molecule has 1 aromatic rings. The Morgan fingerprint density at radius 1 is 1.20 bits per heavy atom. The molecule has 6 heteroatoms. The van der Waals surface area contributed by atoms with E-state index in [0.717, 1.165) is 12.1 Å². The lowest BCUT2D eigenvalue weighted by Crippen LogP contribution is -2.38. The average Bonchev–Trinajstić information content (AvgIpc) is 2.40. The number of rotatable bonds is 2. The largest absolute Gasteiger partial charge is 0.416 e. The second-order valence-corrected chi connectivity index (χ2v) is 5.06. The molecule has 0 atom stereocenters. The summed E-state index contributed by atoms with van der Waals surface area (Å²) in [6.45, 7) is 0. The van der Waals surface area contributed by atoms with Crippen molar-refractivity contribution in [2.24, 2.45) is 0 Å². The minimum Gasteiger partial charge on any atom is -0.393 e. The number of aliphatic hydroxyl groups excluding tert-OH is 1. The van der Waals surface area contributed by atoms with Crippen LogP contribution in [0.1, 0.15) is 41.6 Å². The molecule has 3 nitrogen and oxygen atoms in total. The summed E-state index contributed by atoms with van der Waals surface area (Å²) in [5.41, 5.74) is -0.824. The molecule has 2 N–H and O–H groups in total. The van der Waals surface area contributed by atoms with Gasteiger partial charge in [-0.1, -0.05) is 6.07 Å². The molecule has 0 heterocycles. The summed E-state index contributed by atoms with van der Waals surface area (Å²) >= 11 is 0. The molecule has 110 valence electrons. The van der Waals surface area contributed by atoms with E-state index >= 15 is 0 Å². The topological polar surface area (TPSA) is 49.3 Å². The zero-order valence-corrected chi connectivity index (χ0v) is 10.8. The molecule has 0 saturated heterocycles. The molecule has 1 aliphatic carbocycles. The summed E-state index contributed by atoms with van der Waals surface area (Å²) in [6, 6.07) is 4.30. The maximum Gasteiger partial charge on any atom is 0.416 e. The van der Waals surface area contributed by atoms with E-state index in [9.17, 15) is 23.1 Å². The molecule has 1 aromatic carbocycles. The lowest BCUT2D eigenvalue weighted by atomic mass is 9.93. The quantitative estimate of drug-likeness (QED) is 0.878. The van der Waals surface area contributed by atoms with E-state index < -0.39 is 17.6 Å². The highest BCUT2D eigenvalue weighted by atomic mass is 19.4. The van der Waals surface area contributed by atoms with Crippen LogP contribution < -0.4 is 5.32 Å². The molecule has 2 rings (SSSR count). The van der Waals surface area contributed by atoms with E-state index in [4.69, 9.17) is 0 Å². The third-order valence-corrected chi connectivity index (χ3v) is 3.48. The van der Waals surface area contributed by atoms with Crippen molar-refractivity contribution in [3.05, 3.63) is 35.4 Å². The predicted octanol–water partition coefficient (Wildman–Crippen LogP) is 2.74. The standard InChI is InChI=1S/C14H16F3NO2/c15-14(16,17)10-3-1-2-9(8-10)13(20)18-11-4-6-12(19)7-5-11/h1-3,8,11-12,19H,4-7H2,(H,18,20). The Morgan fingerprint density at radius 3 is 2.45 bits per heavy atom. The lowest BCUT2D eigenvalue weighted by molar-refractivity contribution is -0.137. The molecule has 0 aliphatic heterocycles. The summed E-state index contributed by atoms with van der Waals surface area (Å²) in [5, 5.41) is 12.1.